The zero-order valence-electron chi connectivity index (χ0n) is 22.1. The van der Waals surface area contributed by atoms with Gasteiger partial charge in [-0.05, 0) is 74.4 Å². The van der Waals surface area contributed by atoms with Gasteiger partial charge in [0.25, 0.3) is 0 Å². The minimum absolute atomic E-state index is 0.266. The van der Waals surface area contributed by atoms with Gasteiger partial charge in [-0.25, -0.2) is 4.39 Å². The highest BCUT2D eigenvalue weighted by Gasteiger charge is 2.23. The van der Waals surface area contributed by atoms with E-state index in [9.17, 15) is 9.50 Å². The molecule has 198 valence electrons. The first-order valence-corrected chi connectivity index (χ1v) is 13.9. The quantitative estimate of drug-likeness (QED) is 0.339. The van der Waals surface area contributed by atoms with E-state index in [2.05, 4.69) is 0 Å². The van der Waals surface area contributed by atoms with Crippen molar-refractivity contribution in [3.05, 3.63) is 58.7 Å². The molecular weight excluding hydrogens is 455 g/mol. The summed E-state index contributed by atoms with van der Waals surface area (Å²) in [5.41, 5.74) is 1.86. The number of rotatable bonds is 11. The molecule has 0 spiro atoms. The third-order valence-corrected chi connectivity index (χ3v) is 7.91. The van der Waals surface area contributed by atoms with E-state index in [1.807, 2.05) is 31.2 Å². The maximum atomic E-state index is 14.6. The van der Waals surface area contributed by atoms with Crippen molar-refractivity contribution in [1.82, 2.24) is 0 Å². The molecule has 2 aliphatic rings. The molecule has 1 N–H and O–H groups in total. The summed E-state index contributed by atoms with van der Waals surface area (Å²) in [6.45, 7) is 4.59. The van der Waals surface area contributed by atoms with Gasteiger partial charge in [-0.3, -0.25) is 0 Å². The van der Waals surface area contributed by atoms with E-state index in [-0.39, 0.29) is 18.0 Å². The largest absolute Gasteiger partial charge is 0.507 e. The highest BCUT2D eigenvalue weighted by atomic mass is 19.1. The number of aromatic hydroxyl groups is 1. The molecule has 5 heteroatoms. The minimum atomic E-state index is -1.34. The Balaban J connectivity index is 1.45. The van der Waals surface area contributed by atoms with Gasteiger partial charge in [0, 0.05) is 11.1 Å². The number of halogens is 1. The van der Waals surface area contributed by atoms with Gasteiger partial charge < -0.3 is 19.3 Å². The van der Waals surface area contributed by atoms with Gasteiger partial charge in [0.1, 0.15) is 23.8 Å². The van der Waals surface area contributed by atoms with Crippen LogP contribution in [0.2, 0.25) is 0 Å². The Kier molecular flexibility index (Phi) is 9.66. The van der Waals surface area contributed by atoms with E-state index < -0.39 is 5.67 Å². The lowest BCUT2D eigenvalue weighted by Crippen LogP contribution is -2.17. The molecule has 0 amide bonds. The number of ether oxygens (including phenoxy) is 3. The number of hydrogen-bond acceptors (Lipinski definition) is 4. The maximum Gasteiger partial charge on any atom is 0.133 e. The first kappa shape index (κ1) is 26.9. The maximum absolute atomic E-state index is 14.6. The fraction of sp³-hybridized carbons (Fsp3) is 0.613. The van der Waals surface area contributed by atoms with Crippen molar-refractivity contribution in [2.45, 2.75) is 122 Å². The topological polar surface area (TPSA) is 47.9 Å². The number of phenols is 1. The van der Waals surface area contributed by atoms with Crippen LogP contribution in [-0.4, -0.2) is 17.3 Å². The summed E-state index contributed by atoms with van der Waals surface area (Å²) in [5, 5.41) is 11.1. The monoisotopic (exact) mass is 498 g/mol. The first-order chi connectivity index (χ1) is 17.4. The Morgan fingerprint density at radius 2 is 1.31 bits per heavy atom. The molecule has 2 aromatic rings. The van der Waals surface area contributed by atoms with Crippen molar-refractivity contribution in [3.63, 3.8) is 0 Å². The zero-order chi connectivity index (χ0) is 25.4. The number of alkyl halides is 1. The average molecular weight is 499 g/mol. The van der Waals surface area contributed by atoms with E-state index in [0.29, 0.717) is 37.6 Å². The third kappa shape index (κ3) is 7.45. The average Bonchev–Trinajstić information content (AvgIpc) is 2.92. The minimum Gasteiger partial charge on any atom is -0.507 e. The van der Waals surface area contributed by atoms with Crippen LogP contribution in [0.4, 0.5) is 4.39 Å². The van der Waals surface area contributed by atoms with E-state index in [0.717, 1.165) is 42.4 Å². The van der Waals surface area contributed by atoms with Crippen LogP contribution < -0.4 is 4.74 Å². The Labute approximate surface area is 216 Å². The second-order valence-corrected chi connectivity index (χ2v) is 10.8. The Bertz CT molecular complexity index is 901. The Morgan fingerprint density at radius 1 is 0.806 bits per heavy atom. The molecule has 0 heterocycles. The number of phenolic OH excluding ortho intramolecular Hbond substituents is 1. The molecule has 2 fully saturated rings. The van der Waals surface area contributed by atoms with Gasteiger partial charge in [-0.15, -0.1) is 0 Å². The molecule has 4 nitrogen and oxygen atoms in total. The lowest BCUT2D eigenvalue weighted by molar-refractivity contribution is 0.0127. The fourth-order valence-electron chi connectivity index (χ4n) is 5.28. The van der Waals surface area contributed by atoms with Gasteiger partial charge in [-0.2, -0.15) is 0 Å². The molecule has 0 aliphatic heterocycles. The van der Waals surface area contributed by atoms with Crippen molar-refractivity contribution in [3.8, 4) is 11.5 Å². The summed E-state index contributed by atoms with van der Waals surface area (Å²) in [6, 6.07) is 11.2. The molecular formula is C31H43FO4. The van der Waals surface area contributed by atoms with Crippen LogP contribution in [0.5, 0.6) is 11.5 Å². The normalized spacial score (nSPS) is 19.2. The van der Waals surface area contributed by atoms with Gasteiger partial charge in [-0.1, -0.05) is 57.6 Å². The molecule has 2 aliphatic carbocycles. The van der Waals surface area contributed by atoms with Crippen molar-refractivity contribution in [2.24, 2.45) is 0 Å². The molecule has 0 saturated heterocycles. The second-order valence-electron chi connectivity index (χ2n) is 10.8. The van der Waals surface area contributed by atoms with E-state index in [4.69, 9.17) is 14.2 Å². The molecule has 36 heavy (non-hydrogen) atoms. The number of hydrogen-bond donors (Lipinski definition) is 1. The molecule has 0 bridgehead atoms. The van der Waals surface area contributed by atoms with Crippen molar-refractivity contribution in [2.75, 3.05) is 0 Å². The van der Waals surface area contributed by atoms with Crippen LogP contribution in [0.1, 0.15) is 107 Å². The Morgan fingerprint density at radius 3 is 1.78 bits per heavy atom. The predicted octanol–water partition coefficient (Wildman–Crippen LogP) is 8.26. The van der Waals surface area contributed by atoms with Gasteiger partial charge >= 0.3 is 0 Å². The summed E-state index contributed by atoms with van der Waals surface area (Å²) < 4.78 is 33.0. The van der Waals surface area contributed by atoms with Crippen LogP contribution in [-0.2, 0) is 35.0 Å². The van der Waals surface area contributed by atoms with Crippen molar-refractivity contribution < 1.29 is 23.7 Å². The van der Waals surface area contributed by atoms with Crippen LogP contribution in [0.15, 0.2) is 36.4 Å². The van der Waals surface area contributed by atoms with Crippen molar-refractivity contribution in [1.29, 1.82) is 0 Å². The van der Waals surface area contributed by atoms with Gasteiger partial charge in [0.2, 0.25) is 0 Å². The lowest BCUT2D eigenvalue weighted by atomic mass is 9.95. The standard InChI is InChI=1S/C31H43FO4/c1-3-31(2,32)26-14-16-29(17-15-26)34-20-23-18-24(21-35-27-10-6-4-7-11-27)30(33)25(19-23)22-36-28-12-8-5-9-13-28/h14-19,27-28,33H,3-13,20-22H2,1-2H3. The summed E-state index contributed by atoms with van der Waals surface area (Å²) in [6.07, 6.45) is 12.7. The van der Waals surface area contributed by atoms with Gasteiger partial charge in [0.15, 0.2) is 0 Å². The van der Waals surface area contributed by atoms with Crippen LogP contribution in [0.25, 0.3) is 0 Å². The van der Waals surface area contributed by atoms with Crippen LogP contribution in [0.3, 0.4) is 0 Å². The van der Waals surface area contributed by atoms with E-state index in [1.165, 1.54) is 38.5 Å². The summed E-state index contributed by atoms with van der Waals surface area (Å²) >= 11 is 0. The second kappa shape index (κ2) is 12.9. The molecule has 2 saturated carbocycles. The molecule has 1 atom stereocenters. The number of benzene rings is 2. The zero-order valence-corrected chi connectivity index (χ0v) is 22.1. The summed E-state index contributed by atoms with van der Waals surface area (Å²) in [4.78, 5) is 0. The van der Waals surface area contributed by atoms with E-state index >= 15 is 0 Å². The summed E-state index contributed by atoms with van der Waals surface area (Å²) in [7, 11) is 0. The van der Waals surface area contributed by atoms with Crippen molar-refractivity contribution >= 4 is 0 Å². The first-order valence-electron chi connectivity index (χ1n) is 13.9. The molecule has 0 aromatic heterocycles. The van der Waals surface area contributed by atoms with Crippen LogP contribution in [0, 0.1) is 0 Å². The molecule has 0 radical (unpaired) electrons. The van der Waals surface area contributed by atoms with Crippen LogP contribution >= 0.6 is 0 Å². The van der Waals surface area contributed by atoms with E-state index in [1.54, 1.807) is 19.1 Å². The lowest BCUT2D eigenvalue weighted by Gasteiger charge is -2.24. The molecule has 2 aromatic carbocycles. The highest BCUT2D eigenvalue weighted by Crippen LogP contribution is 2.32. The molecule has 1 unspecified atom stereocenters. The molecule has 4 rings (SSSR count). The summed E-state index contributed by atoms with van der Waals surface area (Å²) in [5.74, 6) is 0.968. The Hall–Kier alpha value is -2.11. The fourth-order valence-corrected chi connectivity index (χ4v) is 5.28. The SMILES string of the molecule is CCC(C)(F)c1ccc(OCc2cc(COC3CCCCC3)c(O)c(COC3CCCCC3)c2)cc1. The smallest absolute Gasteiger partial charge is 0.133 e. The van der Waals surface area contributed by atoms with Gasteiger partial charge in [0.05, 0.1) is 25.4 Å². The third-order valence-electron chi connectivity index (χ3n) is 7.91. The highest BCUT2D eigenvalue weighted by molar-refractivity contribution is 5.43. The predicted molar refractivity (Wildman–Crippen MR) is 141 cm³/mol.